The lowest BCUT2D eigenvalue weighted by Gasteiger charge is -2.11. The van der Waals surface area contributed by atoms with Crippen LogP contribution in [-0.4, -0.2) is 32.3 Å². The second-order valence-electron chi connectivity index (χ2n) is 6.25. The number of carbonyl (C=O) groups is 3. The van der Waals surface area contributed by atoms with Gasteiger partial charge in [0.2, 0.25) is 5.78 Å². The first-order valence-corrected chi connectivity index (χ1v) is 8.16. The Kier molecular flexibility index (Phi) is 4.49. The van der Waals surface area contributed by atoms with Gasteiger partial charge in [-0.05, 0) is 32.4 Å². The molecule has 3 aromatic rings. The van der Waals surface area contributed by atoms with E-state index in [9.17, 15) is 24.3 Å². The molecule has 0 aliphatic rings. The number of aromatic amines is 1. The van der Waals surface area contributed by atoms with Crippen LogP contribution in [0, 0.1) is 13.8 Å². The van der Waals surface area contributed by atoms with Gasteiger partial charge in [0.05, 0.1) is 17.0 Å². The molecule has 0 aliphatic heterocycles. The lowest BCUT2D eigenvalue weighted by molar-refractivity contribution is -0.255. The molecule has 0 fully saturated rings. The molecule has 0 saturated heterocycles. The largest absolute Gasteiger partial charge is 0.543 e. The minimum atomic E-state index is -1.54. The number of carbonyl (C=O) groups excluding carboxylic acids is 3. The van der Waals surface area contributed by atoms with Gasteiger partial charge in [-0.1, -0.05) is 18.2 Å². The van der Waals surface area contributed by atoms with Crippen LogP contribution < -0.4 is 10.7 Å². The number of carboxylic acid groups (broad SMARTS) is 1. The molecule has 0 radical (unpaired) electrons. The van der Waals surface area contributed by atoms with Gasteiger partial charge in [0.25, 0.3) is 5.56 Å². The van der Waals surface area contributed by atoms with E-state index in [1.807, 2.05) is 0 Å². The molecule has 1 N–H and O–H groups in total. The number of nitrogens with zero attached hydrogens (tertiary/aromatic N) is 2. The molecule has 3 rings (SSSR count). The van der Waals surface area contributed by atoms with E-state index in [2.05, 4.69) is 10.1 Å². The monoisotopic (exact) mass is 366 g/mol. The minimum absolute atomic E-state index is 0.128. The molecule has 27 heavy (non-hydrogen) atoms. The maximum absolute atomic E-state index is 12.7. The summed E-state index contributed by atoms with van der Waals surface area (Å²) in [7, 11) is 0. The lowest BCUT2D eigenvalue weighted by Crippen LogP contribution is -2.32. The van der Waals surface area contributed by atoms with Crippen molar-refractivity contribution < 1.29 is 19.5 Å². The molecule has 0 bridgehead atoms. The number of aromatic nitrogens is 3. The topological polar surface area (TPSA) is 125 Å². The van der Waals surface area contributed by atoms with E-state index >= 15 is 0 Å². The number of aromatic carboxylic acids is 1. The number of Topliss-reactive ketones (excluding diaryl/α,β-unsaturated/α-hetero) is 2. The first-order valence-electron chi connectivity index (χ1n) is 8.16. The van der Waals surface area contributed by atoms with Crippen LogP contribution in [0.3, 0.4) is 0 Å². The summed E-state index contributed by atoms with van der Waals surface area (Å²) >= 11 is 0. The second-order valence-corrected chi connectivity index (χ2v) is 6.25. The number of hydrogen-bond acceptors (Lipinski definition) is 6. The highest BCUT2D eigenvalue weighted by molar-refractivity contribution is 6.03. The average molecular weight is 366 g/mol. The Labute approximate surface area is 153 Å². The van der Waals surface area contributed by atoms with Crippen LogP contribution in [0.1, 0.15) is 49.5 Å². The van der Waals surface area contributed by atoms with Crippen molar-refractivity contribution in [3.8, 4) is 0 Å². The lowest BCUT2D eigenvalue weighted by atomic mass is 10.1. The summed E-state index contributed by atoms with van der Waals surface area (Å²) < 4.78 is 0.804. The van der Waals surface area contributed by atoms with E-state index in [1.165, 1.54) is 19.1 Å². The van der Waals surface area contributed by atoms with Gasteiger partial charge >= 0.3 is 0 Å². The van der Waals surface area contributed by atoms with Gasteiger partial charge in [-0.2, -0.15) is 5.10 Å². The van der Waals surface area contributed by atoms with E-state index < -0.39 is 29.6 Å². The average Bonchev–Trinajstić information content (AvgIpc) is 2.91. The maximum atomic E-state index is 12.7. The van der Waals surface area contributed by atoms with Crippen molar-refractivity contribution in [3.05, 3.63) is 62.8 Å². The SMILES string of the molecule is CC(=O)c1c(C)[nH]c(C(=O)Cn2nc(C(=O)[O-])c3ccccc3c2=O)c1C. The van der Waals surface area contributed by atoms with Crippen molar-refractivity contribution in [2.24, 2.45) is 0 Å². The molecule has 0 atom stereocenters. The summed E-state index contributed by atoms with van der Waals surface area (Å²) in [6.07, 6.45) is 0. The van der Waals surface area contributed by atoms with Gasteiger partial charge in [-0.3, -0.25) is 14.4 Å². The van der Waals surface area contributed by atoms with Crippen molar-refractivity contribution in [3.63, 3.8) is 0 Å². The molecule has 0 saturated carbocycles. The van der Waals surface area contributed by atoms with Crippen molar-refractivity contribution in [2.75, 3.05) is 0 Å². The standard InChI is InChI=1S/C19H17N3O5/c1-9-15(11(3)23)10(2)20-16(9)14(24)8-22-18(25)13-7-5-4-6-12(13)17(21-22)19(26)27/h4-7,20H,8H2,1-3H3,(H,26,27)/p-1. The Morgan fingerprint density at radius 2 is 1.78 bits per heavy atom. The third-order valence-electron chi connectivity index (χ3n) is 4.42. The third kappa shape index (κ3) is 3.05. The number of rotatable bonds is 5. The van der Waals surface area contributed by atoms with Crippen LogP contribution in [-0.2, 0) is 6.54 Å². The number of carboxylic acids is 1. The van der Waals surface area contributed by atoms with Crippen LogP contribution in [0.4, 0.5) is 0 Å². The molecule has 8 heteroatoms. The molecule has 0 unspecified atom stereocenters. The predicted octanol–water partition coefficient (Wildman–Crippen LogP) is 0.790. The van der Waals surface area contributed by atoms with Crippen LogP contribution in [0.15, 0.2) is 29.1 Å². The number of hydrogen-bond donors (Lipinski definition) is 1. The highest BCUT2D eigenvalue weighted by Gasteiger charge is 2.21. The number of ketones is 2. The van der Waals surface area contributed by atoms with Gasteiger partial charge in [-0.15, -0.1) is 0 Å². The Bertz CT molecular complexity index is 1170. The molecule has 8 nitrogen and oxygen atoms in total. The van der Waals surface area contributed by atoms with Crippen LogP contribution in [0.25, 0.3) is 10.8 Å². The number of benzene rings is 1. The molecule has 138 valence electrons. The molecule has 1 aromatic carbocycles. The van der Waals surface area contributed by atoms with Gasteiger partial charge in [0.15, 0.2) is 5.78 Å². The Hall–Kier alpha value is -3.55. The smallest absolute Gasteiger partial charge is 0.275 e. The summed E-state index contributed by atoms with van der Waals surface area (Å²) in [6, 6.07) is 6.09. The summed E-state index contributed by atoms with van der Waals surface area (Å²) in [5.74, 6) is -2.21. The van der Waals surface area contributed by atoms with Crippen LogP contribution >= 0.6 is 0 Å². The zero-order valence-electron chi connectivity index (χ0n) is 15.0. The Morgan fingerprint density at radius 1 is 1.15 bits per heavy atom. The van der Waals surface area contributed by atoms with Gasteiger partial charge in [-0.25, -0.2) is 4.68 Å². The zero-order valence-corrected chi connectivity index (χ0v) is 15.0. The normalized spacial score (nSPS) is 10.9. The van der Waals surface area contributed by atoms with E-state index in [0.717, 1.165) is 4.68 Å². The van der Waals surface area contributed by atoms with Gasteiger partial charge < -0.3 is 14.9 Å². The highest BCUT2D eigenvalue weighted by atomic mass is 16.4. The fraction of sp³-hybridized carbons (Fsp3) is 0.211. The van der Waals surface area contributed by atoms with Gasteiger partial charge in [0.1, 0.15) is 12.2 Å². The van der Waals surface area contributed by atoms with Crippen molar-refractivity contribution in [1.82, 2.24) is 14.8 Å². The molecule has 2 aromatic heterocycles. The number of H-pyrrole nitrogens is 1. The Balaban J connectivity index is 2.10. The first kappa shape index (κ1) is 18.2. The molecule has 0 spiro atoms. The Morgan fingerprint density at radius 3 is 2.33 bits per heavy atom. The minimum Gasteiger partial charge on any atom is -0.543 e. The van der Waals surface area contributed by atoms with E-state index in [1.54, 1.807) is 26.0 Å². The first-order chi connectivity index (χ1) is 12.7. The molecular weight excluding hydrogens is 350 g/mol. The van der Waals surface area contributed by atoms with Gasteiger partial charge in [0, 0.05) is 16.6 Å². The van der Waals surface area contributed by atoms with Crippen LogP contribution in [0.5, 0.6) is 0 Å². The number of nitrogens with one attached hydrogen (secondary N) is 1. The van der Waals surface area contributed by atoms with Crippen molar-refractivity contribution in [2.45, 2.75) is 27.3 Å². The maximum Gasteiger partial charge on any atom is 0.275 e. The van der Waals surface area contributed by atoms with Crippen LogP contribution in [0.2, 0.25) is 0 Å². The molecule has 0 aliphatic carbocycles. The van der Waals surface area contributed by atoms with E-state index in [-0.39, 0.29) is 22.2 Å². The second kappa shape index (κ2) is 6.64. The quantitative estimate of drug-likeness (QED) is 0.666. The molecular formula is C19H16N3O5-. The summed E-state index contributed by atoms with van der Waals surface area (Å²) in [5, 5.41) is 15.5. The van der Waals surface area contributed by atoms with Crippen molar-refractivity contribution >= 4 is 28.3 Å². The molecule has 2 heterocycles. The fourth-order valence-electron chi connectivity index (χ4n) is 3.27. The zero-order chi connectivity index (χ0) is 19.9. The number of fused-ring (bicyclic) bond motifs is 1. The third-order valence-corrected chi connectivity index (χ3v) is 4.42. The summed E-state index contributed by atoms with van der Waals surface area (Å²) in [6.45, 7) is 4.24. The molecule has 0 amide bonds. The van der Waals surface area contributed by atoms with E-state index in [0.29, 0.717) is 16.8 Å². The predicted molar refractivity (Wildman–Crippen MR) is 94.9 cm³/mol. The summed E-state index contributed by atoms with van der Waals surface area (Å²) in [4.78, 5) is 51.3. The number of aryl methyl sites for hydroxylation is 1. The summed E-state index contributed by atoms with van der Waals surface area (Å²) in [5.41, 5.74) is 0.650. The van der Waals surface area contributed by atoms with Crippen molar-refractivity contribution in [1.29, 1.82) is 0 Å². The highest BCUT2D eigenvalue weighted by Crippen LogP contribution is 2.19. The fourth-order valence-corrected chi connectivity index (χ4v) is 3.27. The van der Waals surface area contributed by atoms with E-state index in [4.69, 9.17) is 0 Å².